The number of halogens is 1. The number of carboxylic acid groups (broad SMARTS) is 1. The summed E-state index contributed by atoms with van der Waals surface area (Å²) in [6.45, 7) is 0. The van der Waals surface area contributed by atoms with Gasteiger partial charge in [0.05, 0.1) is 28.5 Å². The van der Waals surface area contributed by atoms with Gasteiger partial charge in [0.2, 0.25) is 0 Å². The van der Waals surface area contributed by atoms with Gasteiger partial charge in [0.15, 0.2) is 0 Å². The van der Waals surface area contributed by atoms with Crippen LogP contribution in [0.25, 0.3) is 6.08 Å². The average Bonchev–Trinajstić information content (AvgIpc) is 2.28. The van der Waals surface area contributed by atoms with E-state index in [4.69, 9.17) is 10.4 Å². The van der Waals surface area contributed by atoms with Crippen LogP contribution in [-0.2, 0) is 4.79 Å². The fourth-order valence-electron chi connectivity index (χ4n) is 1.27. The van der Waals surface area contributed by atoms with E-state index in [1.807, 2.05) is 0 Å². The van der Waals surface area contributed by atoms with Gasteiger partial charge in [0, 0.05) is 10.5 Å². The van der Waals surface area contributed by atoms with Crippen LogP contribution in [0.2, 0.25) is 0 Å². The molecule has 0 unspecified atom stereocenters. The van der Waals surface area contributed by atoms with Crippen LogP contribution in [0, 0.1) is 21.4 Å². The molecule has 0 aromatic heterocycles. The Morgan fingerprint density at radius 3 is 2.78 bits per heavy atom. The summed E-state index contributed by atoms with van der Waals surface area (Å²) in [5.41, 5.74) is -0.268. The third kappa shape index (κ3) is 3.40. The second-order valence-corrected chi connectivity index (χ2v) is 4.19. The first-order valence-electron chi connectivity index (χ1n) is 4.70. The van der Waals surface area contributed by atoms with Crippen LogP contribution >= 0.6 is 15.9 Å². The van der Waals surface area contributed by atoms with Crippen molar-refractivity contribution in [2.75, 3.05) is 0 Å². The van der Waals surface area contributed by atoms with Gasteiger partial charge in [-0.1, -0.05) is 15.9 Å². The Hall–Kier alpha value is -2.20. The van der Waals surface area contributed by atoms with Crippen LogP contribution in [0.3, 0.4) is 0 Å². The zero-order chi connectivity index (χ0) is 13.7. The molecule has 6 nitrogen and oxygen atoms in total. The maximum atomic E-state index is 10.9. The van der Waals surface area contributed by atoms with Gasteiger partial charge in [-0.15, -0.1) is 0 Å². The molecule has 0 radical (unpaired) electrons. The number of nitro groups is 1. The minimum absolute atomic E-state index is 0.141. The van der Waals surface area contributed by atoms with E-state index in [0.29, 0.717) is 4.47 Å². The molecular formula is C11H7BrN2O4. The van der Waals surface area contributed by atoms with Gasteiger partial charge in [-0.3, -0.25) is 10.1 Å². The third-order valence-corrected chi connectivity index (χ3v) is 2.55. The van der Waals surface area contributed by atoms with Crippen LogP contribution in [0.15, 0.2) is 28.2 Å². The Balaban J connectivity index is 3.35. The minimum atomic E-state index is -1.27. The van der Waals surface area contributed by atoms with Gasteiger partial charge in [-0.25, -0.2) is 4.79 Å². The highest BCUT2D eigenvalue weighted by Gasteiger charge is 2.15. The highest BCUT2D eigenvalue weighted by molar-refractivity contribution is 9.10. The summed E-state index contributed by atoms with van der Waals surface area (Å²) in [5.74, 6) is -1.27. The molecular weight excluding hydrogens is 304 g/mol. The van der Waals surface area contributed by atoms with Crippen LogP contribution < -0.4 is 0 Å². The molecule has 0 heterocycles. The van der Waals surface area contributed by atoms with Crippen molar-refractivity contribution in [2.24, 2.45) is 0 Å². The molecule has 1 rings (SSSR count). The maximum absolute atomic E-state index is 10.9. The molecule has 92 valence electrons. The quantitative estimate of drug-likeness (QED) is 0.523. The summed E-state index contributed by atoms with van der Waals surface area (Å²) < 4.78 is 0.584. The highest BCUT2D eigenvalue weighted by atomic mass is 79.9. The Labute approximate surface area is 110 Å². The molecule has 0 saturated carbocycles. The van der Waals surface area contributed by atoms with Gasteiger partial charge in [0.25, 0.3) is 5.69 Å². The van der Waals surface area contributed by atoms with Crippen molar-refractivity contribution in [3.8, 4) is 6.07 Å². The van der Waals surface area contributed by atoms with E-state index in [2.05, 4.69) is 15.9 Å². The number of carboxylic acids is 1. The molecule has 0 aliphatic heterocycles. The van der Waals surface area contributed by atoms with E-state index < -0.39 is 10.9 Å². The Morgan fingerprint density at radius 2 is 2.28 bits per heavy atom. The molecule has 1 aromatic rings. The molecule has 0 aliphatic rings. The standard InChI is InChI=1S/C11H7BrN2O4/c12-9-1-2-10(14(17)18)8(6-9)5-7(3-4-13)11(15)16/h1-2,5-6H,3H2,(H,15,16)/b7-5+. The first kappa shape index (κ1) is 13.9. The SMILES string of the molecule is N#CC/C(=C\c1cc(Br)ccc1[N+](=O)[O-])C(=O)O. The average molecular weight is 311 g/mol. The third-order valence-electron chi connectivity index (χ3n) is 2.06. The van der Waals surface area contributed by atoms with E-state index in [-0.39, 0.29) is 23.2 Å². The largest absolute Gasteiger partial charge is 0.478 e. The number of hydrogen-bond donors (Lipinski definition) is 1. The first-order valence-corrected chi connectivity index (χ1v) is 5.49. The first-order chi connectivity index (χ1) is 8.45. The lowest BCUT2D eigenvalue weighted by Crippen LogP contribution is -2.00. The molecule has 1 N–H and O–H groups in total. The summed E-state index contributed by atoms with van der Waals surface area (Å²) in [7, 11) is 0. The van der Waals surface area contributed by atoms with Crippen molar-refractivity contribution in [3.63, 3.8) is 0 Å². The van der Waals surface area contributed by atoms with Crippen molar-refractivity contribution in [1.29, 1.82) is 5.26 Å². The van der Waals surface area contributed by atoms with E-state index in [1.54, 1.807) is 6.07 Å². The molecule has 0 fully saturated rings. The maximum Gasteiger partial charge on any atom is 0.332 e. The molecule has 0 saturated heterocycles. The summed E-state index contributed by atoms with van der Waals surface area (Å²) in [4.78, 5) is 21.0. The topological polar surface area (TPSA) is 104 Å². The normalized spacial score (nSPS) is 10.8. The van der Waals surface area contributed by atoms with Crippen LogP contribution in [0.1, 0.15) is 12.0 Å². The fraction of sp³-hybridized carbons (Fsp3) is 0.0909. The number of nitrogens with zero attached hydrogens (tertiary/aromatic N) is 2. The van der Waals surface area contributed by atoms with E-state index in [9.17, 15) is 14.9 Å². The van der Waals surface area contributed by atoms with Crippen molar-refractivity contribution >= 4 is 33.7 Å². The summed E-state index contributed by atoms with van der Waals surface area (Å²) in [6, 6.07) is 5.88. The molecule has 0 atom stereocenters. The molecule has 0 aliphatic carbocycles. The molecule has 1 aromatic carbocycles. The number of hydrogen-bond acceptors (Lipinski definition) is 4. The van der Waals surface area contributed by atoms with Gasteiger partial charge in [-0.2, -0.15) is 5.26 Å². The highest BCUT2D eigenvalue weighted by Crippen LogP contribution is 2.25. The smallest absolute Gasteiger partial charge is 0.332 e. The predicted octanol–water partition coefficient (Wildman–Crippen LogP) is 2.74. The molecule has 0 bridgehead atoms. The monoisotopic (exact) mass is 310 g/mol. The molecule has 0 amide bonds. The summed E-state index contributed by atoms with van der Waals surface area (Å²) in [6.07, 6.45) is 0.813. The van der Waals surface area contributed by atoms with Gasteiger partial charge >= 0.3 is 5.97 Å². The zero-order valence-electron chi connectivity index (χ0n) is 8.96. The van der Waals surface area contributed by atoms with Crippen LogP contribution in [0.4, 0.5) is 5.69 Å². The lowest BCUT2D eigenvalue weighted by atomic mass is 10.1. The molecule has 7 heteroatoms. The van der Waals surface area contributed by atoms with Crippen molar-refractivity contribution in [1.82, 2.24) is 0 Å². The van der Waals surface area contributed by atoms with E-state index >= 15 is 0 Å². The minimum Gasteiger partial charge on any atom is -0.478 e. The second-order valence-electron chi connectivity index (χ2n) is 3.27. The van der Waals surface area contributed by atoms with Gasteiger partial charge in [0.1, 0.15) is 0 Å². The van der Waals surface area contributed by atoms with Gasteiger partial charge < -0.3 is 5.11 Å². The number of rotatable bonds is 4. The van der Waals surface area contributed by atoms with Crippen LogP contribution in [0.5, 0.6) is 0 Å². The number of benzene rings is 1. The zero-order valence-corrected chi connectivity index (χ0v) is 10.5. The van der Waals surface area contributed by atoms with Crippen molar-refractivity contribution < 1.29 is 14.8 Å². The Kier molecular flexibility index (Phi) is 4.57. The lowest BCUT2D eigenvalue weighted by molar-refractivity contribution is -0.385. The summed E-state index contributed by atoms with van der Waals surface area (Å²) >= 11 is 3.15. The van der Waals surface area contributed by atoms with E-state index in [1.165, 1.54) is 18.2 Å². The van der Waals surface area contributed by atoms with E-state index in [0.717, 1.165) is 6.08 Å². The Morgan fingerprint density at radius 1 is 1.61 bits per heavy atom. The molecule has 0 spiro atoms. The van der Waals surface area contributed by atoms with Crippen molar-refractivity contribution in [3.05, 3.63) is 43.9 Å². The number of aliphatic carboxylic acids is 1. The summed E-state index contributed by atoms with van der Waals surface area (Å²) in [5, 5.41) is 28.2. The number of carbonyl (C=O) groups is 1. The van der Waals surface area contributed by atoms with Gasteiger partial charge in [-0.05, 0) is 18.2 Å². The molecule has 18 heavy (non-hydrogen) atoms. The number of nitro benzene ring substituents is 1. The lowest BCUT2D eigenvalue weighted by Gasteiger charge is -2.00. The Bertz CT molecular complexity index is 575. The van der Waals surface area contributed by atoms with Crippen LogP contribution in [-0.4, -0.2) is 16.0 Å². The number of nitriles is 1. The van der Waals surface area contributed by atoms with Crippen molar-refractivity contribution in [2.45, 2.75) is 6.42 Å². The fourth-order valence-corrected chi connectivity index (χ4v) is 1.65. The predicted molar refractivity (Wildman–Crippen MR) is 66.6 cm³/mol. The second kappa shape index (κ2) is 5.93.